The second kappa shape index (κ2) is 4.02. The molecule has 0 amide bonds. The lowest BCUT2D eigenvalue weighted by Gasteiger charge is -2.08. The first-order valence-corrected chi connectivity index (χ1v) is 5.09. The predicted molar refractivity (Wildman–Crippen MR) is 61.4 cm³/mol. The molecule has 0 fully saturated rings. The molecule has 0 saturated heterocycles. The van der Waals surface area contributed by atoms with E-state index in [4.69, 9.17) is 5.84 Å². The molecule has 0 spiro atoms. The molecule has 16 heavy (non-hydrogen) atoms. The van der Waals surface area contributed by atoms with Gasteiger partial charge in [-0.25, -0.2) is 20.2 Å². The Morgan fingerprint density at radius 2 is 2.12 bits per heavy atom. The zero-order valence-corrected chi connectivity index (χ0v) is 9.21. The highest BCUT2D eigenvalue weighted by Gasteiger charge is 2.08. The highest BCUT2D eigenvalue weighted by molar-refractivity contribution is 5.89. The maximum absolute atomic E-state index is 13.4. The third-order valence-corrected chi connectivity index (χ3v) is 2.48. The fraction of sp³-hybridized carbons (Fsp3) is 0.273. The zero-order valence-electron chi connectivity index (χ0n) is 9.21. The van der Waals surface area contributed by atoms with Gasteiger partial charge in [0, 0.05) is 17.9 Å². The number of anilines is 1. The molecule has 0 unspecified atom stereocenters. The van der Waals surface area contributed by atoms with Crippen molar-refractivity contribution in [3.63, 3.8) is 0 Å². The molecule has 2 rings (SSSR count). The minimum Gasteiger partial charge on any atom is -0.308 e. The van der Waals surface area contributed by atoms with Crippen LogP contribution in [0, 0.1) is 12.7 Å². The number of hydrogen-bond donors (Lipinski definition) is 2. The molecule has 0 aliphatic heterocycles. The number of hydrogen-bond acceptors (Lipinski definition) is 4. The van der Waals surface area contributed by atoms with Crippen LogP contribution in [0.5, 0.6) is 0 Å². The summed E-state index contributed by atoms with van der Waals surface area (Å²) in [7, 11) is 0. The Kier molecular flexibility index (Phi) is 2.70. The zero-order chi connectivity index (χ0) is 11.7. The second-order valence-corrected chi connectivity index (χ2v) is 3.60. The van der Waals surface area contributed by atoms with Gasteiger partial charge in [0.25, 0.3) is 0 Å². The molecule has 2 aromatic rings. The Morgan fingerprint density at radius 1 is 1.38 bits per heavy atom. The third-order valence-electron chi connectivity index (χ3n) is 2.48. The molecule has 0 aliphatic rings. The normalized spacial score (nSPS) is 10.8. The van der Waals surface area contributed by atoms with Crippen molar-refractivity contribution in [3.8, 4) is 0 Å². The van der Waals surface area contributed by atoms with Crippen LogP contribution in [0.2, 0.25) is 0 Å². The average Bonchev–Trinajstić information content (AvgIpc) is 2.29. The number of aryl methyl sites for hydroxylation is 2. The summed E-state index contributed by atoms with van der Waals surface area (Å²) in [6, 6.07) is 3.10. The molecule has 3 N–H and O–H groups in total. The molecule has 0 saturated carbocycles. The smallest absolute Gasteiger partial charge is 0.151 e. The van der Waals surface area contributed by atoms with Crippen molar-refractivity contribution in [2.75, 3.05) is 5.43 Å². The minimum absolute atomic E-state index is 0.267. The maximum Gasteiger partial charge on any atom is 0.151 e. The van der Waals surface area contributed by atoms with Crippen LogP contribution in [-0.4, -0.2) is 9.97 Å². The van der Waals surface area contributed by atoms with Crippen molar-refractivity contribution in [3.05, 3.63) is 29.3 Å². The molecule has 0 bridgehead atoms. The van der Waals surface area contributed by atoms with E-state index >= 15 is 0 Å². The number of halogens is 1. The first-order valence-electron chi connectivity index (χ1n) is 5.09. The van der Waals surface area contributed by atoms with Gasteiger partial charge in [-0.1, -0.05) is 6.92 Å². The van der Waals surface area contributed by atoms with E-state index in [1.54, 1.807) is 13.0 Å². The van der Waals surface area contributed by atoms with E-state index < -0.39 is 0 Å². The van der Waals surface area contributed by atoms with Crippen LogP contribution in [0.15, 0.2) is 12.1 Å². The average molecular weight is 220 g/mol. The van der Waals surface area contributed by atoms with E-state index in [2.05, 4.69) is 15.4 Å². The summed E-state index contributed by atoms with van der Waals surface area (Å²) in [5, 5.41) is 0.735. The van der Waals surface area contributed by atoms with Gasteiger partial charge in [-0.3, -0.25) is 0 Å². The monoisotopic (exact) mass is 220 g/mol. The van der Waals surface area contributed by atoms with Gasteiger partial charge in [-0.15, -0.1) is 0 Å². The molecule has 0 radical (unpaired) electrons. The van der Waals surface area contributed by atoms with Gasteiger partial charge in [0.15, 0.2) is 5.82 Å². The fourth-order valence-electron chi connectivity index (χ4n) is 1.57. The summed E-state index contributed by atoms with van der Waals surface area (Å²) in [5.41, 5.74) is 3.64. The summed E-state index contributed by atoms with van der Waals surface area (Å²) >= 11 is 0. The molecule has 5 heteroatoms. The van der Waals surface area contributed by atoms with E-state index in [1.807, 2.05) is 6.92 Å². The van der Waals surface area contributed by atoms with Crippen LogP contribution in [0.3, 0.4) is 0 Å². The van der Waals surface area contributed by atoms with Gasteiger partial charge in [0.05, 0.1) is 5.52 Å². The van der Waals surface area contributed by atoms with E-state index in [1.165, 1.54) is 6.07 Å². The minimum atomic E-state index is -0.267. The van der Waals surface area contributed by atoms with Crippen LogP contribution in [0.25, 0.3) is 10.9 Å². The summed E-state index contributed by atoms with van der Waals surface area (Å²) < 4.78 is 13.4. The largest absolute Gasteiger partial charge is 0.308 e. The number of nitrogens with one attached hydrogen (secondary N) is 1. The molecule has 84 valence electrons. The van der Waals surface area contributed by atoms with Gasteiger partial charge >= 0.3 is 0 Å². The predicted octanol–water partition coefficient (Wildman–Crippen LogP) is 1.93. The Bertz CT molecular complexity index is 539. The van der Waals surface area contributed by atoms with E-state index in [0.29, 0.717) is 29.1 Å². The molecule has 1 aromatic carbocycles. The van der Waals surface area contributed by atoms with Crippen molar-refractivity contribution in [2.45, 2.75) is 20.3 Å². The van der Waals surface area contributed by atoms with Crippen molar-refractivity contribution in [2.24, 2.45) is 5.84 Å². The molecular weight excluding hydrogens is 207 g/mol. The lowest BCUT2D eigenvalue weighted by Crippen LogP contribution is -2.11. The number of hydrazine groups is 1. The third kappa shape index (κ3) is 1.69. The molecule has 1 aromatic heterocycles. The summed E-state index contributed by atoms with van der Waals surface area (Å²) in [6.45, 7) is 3.63. The van der Waals surface area contributed by atoms with Gasteiger partial charge in [-0.05, 0) is 18.6 Å². The summed E-state index contributed by atoms with van der Waals surface area (Å²) in [5.74, 6) is 6.30. The quantitative estimate of drug-likeness (QED) is 0.599. The Balaban J connectivity index is 2.79. The van der Waals surface area contributed by atoms with Gasteiger partial charge in [0.1, 0.15) is 11.6 Å². The van der Waals surface area contributed by atoms with Crippen molar-refractivity contribution < 1.29 is 4.39 Å². The lowest BCUT2D eigenvalue weighted by molar-refractivity contribution is 0.620. The Labute approximate surface area is 92.7 Å². The number of nitrogens with two attached hydrogens (primary N) is 1. The van der Waals surface area contributed by atoms with Crippen LogP contribution in [-0.2, 0) is 6.42 Å². The standard InChI is InChI=1S/C11H13FN4/c1-3-10-14-9-5-8(12)6(2)4-7(9)11(15-10)16-13/h4-5H,3,13H2,1-2H3,(H,14,15,16). The van der Waals surface area contributed by atoms with Crippen molar-refractivity contribution >= 4 is 16.7 Å². The summed E-state index contributed by atoms with van der Waals surface area (Å²) in [4.78, 5) is 8.50. The number of rotatable bonds is 2. The molecule has 0 aliphatic carbocycles. The van der Waals surface area contributed by atoms with Crippen molar-refractivity contribution in [1.82, 2.24) is 9.97 Å². The van der Waals surface area contributed by atoms with Crippen LogP contribution in [0.4, 0.5) is 10.2 Å². The first-order chi connectivity index (χ1) is 7.65. The van der Waals surface area contributed by atoms with Crippen LogP contribution < -0.4 is 11.3 Å². The fourth-order valence-corrected chi connectivity index (χ4v) is 1.57. The van der Waals surface area contributed by atoms with E-state index in [9.17, 15) is 4.39 Å². The number of fused-ring (bicyclic) bond motifs is 1. The maximum atomic E-state index is 13.4. The van der Waals surface area contributed by atoms with Crippen LogP contribution in [0.1, 0.15) is 18.3 Å². The Morgan fingerprint density at radius 3 is 2.75 bits per heavy atom. The van der Waals surface area contributed by atoms with Gasteiger partial charge in [-0.2, -0.15) is 0 Å². The first kappa shape index (κ1) is 10.8. The topological polar surface area (TPSA) is 63.8 Å². The van der Waals surface area contributed by atoms with E-state index in [0.717, 1.165) is 5.39 Å². The molecule has 0 atom stereocenters. The number of aromatic nitrogens is 2. The molecular formula is C11H13FN4. The molecule has 1 heterocycles. The highest BCUT2D eigenvalue weighted by atomic mass is 19.1. The Hall–Kier alpha value is -1.75. The van der Waals surface area contributed by atoms with Gasteiger partial charge in [0.2, 0.25) is 0 Å². The second-order valence-electron chi connectivity index (χ2n) is 3.60. The SMILES string of the molecule is CCc1nc(NN)c2cc(C)c(F)cc2n1. The van der Waals surface area contributed by atoms with Crippen molar-refractivity contribution in [1.29, 1.82) is 0 Å². The van der Waals surface area contributed by atoms with Crippen LogP contribution >= 0.6 is 0 Å². The van der Waals surface area contributed by atoms with E-state index in [-0.39, 0.29) is 5.82 Å². The molecule has 4 nitrogen and oxygen atoms in total. The number of nitrogen functional groups attached to an aromatic ring is 1. The van der Waals surface area contributed by atoms with Gasteiger partial charge < -0.3 is 5.43 Å². The number of benzene rings is 1. The summed E-state index contributed by atoms with van der Waals surface area (Å²) in [6.07, 6.45) is 0.681. The lowest BCUT2D eigenvalue weighted by atomic mass is 10.1. The number of nitrogens with zero attached hydrogens (tertiary/aromatic N) is 2. The highest BCUT2D eigenvalue weighted by Crippen LogP contribution is 2.23.